The number of aryl methyl sites for hydroxylation is 2. The van der Waals surface area contributed by atoms with Gasteiger partial charge in [0.1, 0.15) is 15.6 Å². The molecule has 0 unspecified atom stereocenters. The van der Waals surface area contributed by atoms with Crippen LogP contribution >= 0.6 is 11.3 Å². The molecule has 112 valence electrons. The van der Waals surface area contributed by atoms with Crippen LogP contribution in [0, 0.1) is 19.7 Å². The fourth-order valence-corrected chi connectivity index (χ4v) is 4.51. The van der Waals surface area contributed by atoms with Gasteiger partial charge in [0.25, 0.3) is 10.0 Å². The Bertz CT molecular complexity index is 812. The number of halogens is 1. The maximum absolute atomic E-state index is 13.7. The molecule has 0 saturated heterocycles. The second kappa shape index (κ2) is 5.45. The van der Waals surface area contributed by atoms with Crippen molar-refractivity contribution in [3.63, 3.8) is 0 Å². The molecule has 0 bridgehead atoms. The summed E-state index contributed by atoms with van der Waals surface area (Å²) >= 11 is 0.816. The Morgan fingerprint density at radius 2 is 2.00 bits per heavy atom. The van der Waals surface area contributed by atoms with Crippen LogP contribution < -0.4 is 4.72 Å². The maximum Gasteiger partial charge on any atom is 0.347 e. The van der Waals surface area contributed by atoms with E-state index in [1.54, 1.807) is 13.0 Å². The third-order valence-corrected chi connectivity index (χ3v) is 5.52. The third kappa shape index (κ3) is 3.06. The first-order valence-corrected chi connectivity index (χ1v) is 8.19. The number of benzene rings is 1. The second-order valence-electron chi connectivity index (χ2n) is 4.47. The van der Waals surface area contributed by atoms with Gasteiger partial charge in [-0.3, -0.25) is 4.72 Å². The van der Waals surface area contributed by atoms with Gasteiger partial charge in [-0.05, 0) is 42.5 Å². The van der Waals surface area contributed by atoms with Crippen molar-refractivity contribution in [3.05, 3.63) is 45.4 Å². The molecule has 2 N–H and O–H groups in total. The first-order chi connectivity index (χ1) is 9.72. The maximum atomic E-state index is 13.7. The summed E-state index contributed by atoms with van der Waals surface area (Å²) in [6, 6.07) is 4.04. The van der Waals surface area contributed by atoms with Gasteiger partial charge in [0.2, 0.25) is 0 Å². The molecule has 0 aliphatic rings. The fourth-order valence-electron chi connectivity index (χ4n) is 1.81. The summed E-state index contributed by atoms with van der Waals surface area (Å²) in [5.41, 5.74) is 0.730. The highest BCUT2D eigenvalue weighted by Crippen LogP contribution is 2.29. The van der Waals surface area contributed by atoms with Gasteiger partial charge in [-0.25, -0.2) is 17.6 Å². The number of aromatic carboxylic acids is 1. The van der Waals surface area contributed by atoms with Crippen molar-refractivity contribution in [2.45, 2.75) is 18.7 Å². The molecule has 0 fully saturated rings. The van der Waals surface area contributed by atoms with E-state index in [9.17, 15) is 17.6 Å². The van der Waals surface area contributed by atoms with Crippen LogP contribution in [0.1, 0.15) is 20.8 Å². The summed E-state index contributed by atoms with van der Waals surface area (Å²) in [6.07, 6.45) is 0. The largest absolute Gasteiger partial charge is 0.477 e. The second-order valence-corrected chi connectivity index (χ2v) is 6.97. The van der Waals surface area contributed by atoms with E-state index in [1.807, 2.05) is 0 Å². The van der Waals surface area contributed by atoms with E-state index in [0.29, 0.717) is 11.1 Å². The van der Waals surface area contributed by atoms with Gasteiger partial charge in [0.05, 0.1) is 5.69 Å². The molecule has 1 aromatic carbocycles. The summed E-state index contributed by atoms with van der Waals surface area (Å²) in [4.78, 5) is 10.5. The van der Waals surface area contributed by atoms with Crippen LogP contribution in [0.25, 0.3) is 0 Å². The number of carboxylic acids is 1. The normalized spacial score (nSPS) is 11.4. The summed E-state index contributed by atoms with van der Waals surface area (Å²) in [7, 11) is -4.17. The van der Waals surface area contributed by atoms with Gasteiger partial charge in [-0.15, -0.1) is 11.3 Å². The number of thiophene rings is 1. The zero-order valence-electron chi connectivity index (χ0n) is 11.2. The van der Waals surface area contributed by atoms with Crippen molar-refractivity contribution in [1.29, 1.82) is 0 Å². The molecule has 21 heavy (non-hydrogen) atoms. The highest BCUT2D eigenvalue weighted by molar-refractivity contribution is 7.93. The van der Waals surface area contributed by atoms with E-state index >= 15 is 0 Å². The molecule has 0 spiro atoms. The number of rotatable bonds is 4. The highest BCUT2D eigenvalue weighted by atomic mass is 32.2. The molecule has 2 rings (SSSR count). The van der Waals surface area contributed by atoms with Crippen LogP contribution in [0.2, 0.25) is 0 Å². The molecule has 0 aliphatic carbocycles. The molecule has 0 saturated carbocycles. The summed E-state index contributed by atoms with van der Waals surface area (Å²) in [5.74, 6) is -2.05. The van der Waals surface area contributed by atoms with Crippen molar-refractivity contribution >= 4 is 33.0 Å². The number of sulfonamides is 1. The number of anilines is 1. The SMILES string of the molecule is Cc1ccc(NS(=O)(=O)c2c(C)csc2C(=O)O)c(F)c1. The Hall–Kier alpha value is -1.93. The Morgan fingerprint density at radius 3 is 2.57 bits per heavy atom. The van der Waals surface area contributed by atoms with Crippen molar-refractivity contribution in [2.75, 3.05) is 4.72 Å². The van der Waals surface area contributed by atoms with Gasteiger partial charge >= 0.3 is 5.97 Å². The van der Waals surface area contributed by atoms with Gasteiger partial charge in [-0.1, -0.05) is 6.07 Å². The molecule has 0 aliphatic heterocycles. The minimum atomic E-state index is -4.17. The van der Waals surface area contributed by atoms with Crippen LogP contribution in [0.5, 0.6) is 0 Å². The van der Waals surface area contributed by atoms with Crippen LogP contribution in [0.3, 0.4) is 0 Å². The number of carbonyl (C=O) groups is 1. The lowest BCUT2D eigenvalue weighted by molar-refractivity contribution is 0.0698. The third-order valence-electron chi connectivity index (χ3n) is 2.75. The molecule has 0 atom stereocenters. The number of hydrogen-bond donors (Lipinski definition) is 2. The first kappa shape index (κ1) is 15.5. The Balaban J connectivity index is 2.48. The standard InChI is InChI=1S/C13H12FNO4S2/c1-7-3-4-10(9(14)5-7)15-21(18,19)12-8(2)6-20-11(12)13(16)17/h3-6,15H,1-2H3,(H,16,17). The van der Waals surface area contributed by atoms with Crippen LogP contribution in [-0.4, -0.2) is 19.5 Å². The van der Waals surface area contributed by atoms with Crippen LogP contribution in [0.4, 0.5) is 10.1 Å². The van der Waals surface area contributed by atoms with E-state index in [-0.39, 0.29) is 15.5 Å². The molecule has 2 aromatic rings. The van der Waals surface area contributed by atoms with Crippen molar-refractivity contribution < 1.29 is 22.7 Å². The quantitative estimate of drug-likeness (QED) is 0.903. The Kier molecular flexibility index (Phi) is 4.02. The average molecular weight is 329 g/mol. The van der Waals surface area contributed by atoms with Crippen LogP contribution in [-0.2, 0) is 10.0 Å². The van der Waals surface area contributed by atoms with E-state index < -0.39 is 21.8 Å². The lowest BCUT2D eigenvalue weighted by Gasteiger charge is -2.10. The van der Waals surface area contributed by atoms with Gasteiger partial charge in [0, 0.05) is 0 Å². The van der Waals surface area contributed by atoms with Gasteiger partial charge < -0.3 is 5.11 Å². The lowest BCUT2D eigenvalue weighted by atomic mass is 10.2. The van der Waals surface area contributed by atoms with Gasteiger partial charge in [0.15, 0.2) is 0 Å². The molecule has 1 heterocycles. The predicted octanol–water partition coefficient (Wildman–Crippen LogP) is 3.00. The first-order valence-electron chi connectivity index (χ1n) is 5.82. The topological polar surface area (TPSA) is 83.5 Å². The number of nitrogens with one attached hydrogen (secondary N) is 1. The number of hydrogen-bond acceptors (Lipinski definition) is 4. The molecular formula is C13H12FNO4S2. The lowest BCUT2D eigenvalue weighted by Crippen LogP contribution is -2.17. The monoisotopic (exact) mass is 329 g/mol. The smallest absolute Gasteiger partial charge is 0.347 e. The summed E-state index contributed by atoms with van der Waals surface area (Å²) in [6.45, 7) is 3.16. The number of carboxylic acid groups (broad SMARTS) is 1. The average Bonchev–Trinajstić information content (AvgIpc) is 2.76. The zero-order chi connectivity index (χ0) is 15.8. The molecular weight excluding hydrogens is 317 g/mol. The van der Waals surface area contributed by atoms with E-state index in [2.05, 4.69) is 4.72 Å². The molecule has 8 heteroatoms. The van der Waals surface area contributed by atoms with E-state index in [1.165, 1.54) is 24.4 Å². The summed E-state index contributed by atoms with van der Waals surface area (Å²) in [5, 5.41) is 10.5. The zero-order valence-corrected chi connectivity index (χ0v) is 12.8. The van der Waals surface area contributed by atoms with Crippen molar-refractivity contribution in [2.24, 2.45) is 0 Å². The van der Waals surface area contributed by atoms with Crippen LogP contribution in [0.15, 0.2) is 28.5 Å². The minimum absolute atomic E-state index is 0.220. The molecule has 5 nitrogen and oxygen atoms in total. The Labute approximate surface area is 125 Å². The van der Waals surface area contributed by atoms with E-state index in [0.717, 1.165) is 11.3 Å². The predicted molar refractivity (Wildman–Crippen MR) is 78.0 cm³/mol. The highest BCUT2D eigenvalue weighted by Gasteiger charge is 2.27. The van der Waals surface area contributed by atoms with E-state index in [4.69, 9.17) is 5.11 Å². The van der Waals surface area contributed by atoms with Crippen molar-refractivity contribution in [1.82, 2.24) is 0 Å². The molecule has 1 aromatic heterocycles. The van der Waals surface area contributed by atoms with Gasteiger partial charge in [-0.2, -0.15) is 0 Å². The summed E-state index contributed by atoms with van der Waals surface area (Å²) < 4.78 is 40.5. The fraction of sp³-hybridized carbons (Fsp3) is 0.154. The minimum Gasteiger partial charge on any atom is -0.477 e. The van der Waals surface area contributed by atoms with Crippen molar-refractivity contribution in [3.8, 4) is 0 Å². The Morgan fingerprint density at radius 1 is 1.33 bits per heavy atom. The molecule has 0 radical (unpaired) electrons. The molecule has 0 amide bonds.